The van der Waals surface area contributed by atoms with Crippen LogP contribution in [0.2, 0.25) is 0 Å². The van der Waals surface area contributed by atoms with E-state index in [2.05, 4.69) is 22.3 Å². The summed E-state index contributed by atoms with van der Waals surface area (Å²) in [5, 5.41) is -0.181. The van der Waals surface area contributed by atoms with E-state index in [-0.39, 0.29) is 21.0 Å². The molecule has 0 fully saturated rings. The van der Waals surface area contributed by atoms with Gasteiger partial charge in [-0.05, 0) is 30.2 Å². The van der Waals surface area contributed by atoms with Gasteiger partial charge in [0, 0.05) is 28.8 Å². The number of allylic oxidation sites excluding steroid dienone is 3. The number of aromatic amines is 1. The molecule has 0 saturated heterocycles. The fourth-order valence-electron chi connectivity index (χ4n) is 2.65. The maximum atomic E-state index is 13.2. The highest BCUT2D eigenvalue weighted by Crippen LogP contribution is 2.33. The van der Waals surface area contributed by atoms with Crippen LogP contribution in [0.5, 0.6) is 0 Å². The Morgan fingerprint density at radius 1 is 1.31 bits per heavy atom. The molecule has 2 aromatic rings. The molecule has 2 atom stereocenters. The van der Waals surface area contributed by atoms with Gasteiger partial charge in [0.25, 0.3) is 0 Å². The van der Waals surface area contributed by atoms with Crippen LogP contribution in [0.15, 0.2) is 57.8 Å². The molecule has 0 spiro atoms. The molecule has 0 amide bonds. The van der Waals surface area contributed by atoms with E-state index in [0.29, 0.717) is 12.6 Å². The van der Waals surface area contributed by atoms with Crippen molar-refractivity contribution in [3.8, 4) is 0 Å². The van der Waals surface area contributed by atoms with E-state index in [1.807, 2.05) is 18.2 Å². The zero-order valence-corrected chi connectivity index (χ0v) is 15.0. The van der Waals surface area contributed by atoms with Crippen LogP contribution in [0.3, 0.4) is 0 Å². The van der Waals surface area contributed by atoms with E-state index < -0.39 is 28.3 Å². The molecule has 0 aliphatic heterocycles. The van der Waals surface area contributed by atoms with E-state index in [9.17, 15) is 22.2 Å². The smallest absolute Gasteiger partial charge is 0.322 e. The van der Waals surface area contributed by atoms with Gasteiger partial charge in [-0.2, -0.15) is 25.8 Å². The van der Waals surface area contributed by atoms with Crippen molar-refractivity contribution in [2.75, 3.05) is 6.54 Å². The Bertz CT molecular complexity index is 980. The third-order valence-electron chi connectivity index (χ3n) is 3.98. The molecule has 26 heavy (non-hydrogen) atoms. The van der Waals surface area contributed by atoms with Gasteiger partial charge in [0.15, 0.2) is 0 Å². The predicted octanol–water partition coefficient (Wildman–Crippen LogP) is 3.34. The van der Waals surface area contributed by atoms with E-state index in [0.717, 1.165) is 12.0 Å². The maximum Gasteiger partial charge on any atom is 0.417 e. The highest BCUT2D eigenvalue weighted by Gasteiger charge is 2.33. The van der Waals surface area contributed by atoms with Crippen LogP contribution in [-0.4, -0.2) is 21.0 Å². The van der Waals surface area contributed by atoms with Gasteiger partial charge >= 0.3 is 6.18 Å². The standard InChI is InChI=1S/C17H15F3N2O2S2/c18-17(19,20)13-8-16(23)22-14-6-5-11(7-12(13)14)26(24)21-9-10-3-1-2-4-15(10)25/h1-3,5-8,15,21,25H,4,9H2,(H,22,23). The summed E-state index contributed by atoms with van der Waals surface area (Å²) in [7, 11) is -1.70. The SMILES string of the molecule is O=c1cc(C(F)(F)F)c2cc(S(=O)NCC3=CC=CCC3S)ccc2[nH]1. The third-order valence-corrected chi connectivity index (χ3v) is 5.61. The summed E-state index contributed by atoms with van der Waals surface area (Å²) >= 11 is 4.43. The van der Waals surface area contributed by atoms with Crippen molar-refractivity contribution in [3.63, 3.8) is 0 Å². The molecular weight excluding hydrogens is 385 g/mol. The van der Waals surface area contributed by atoms with Crippen LogP contribution >= 0.6 is 12.6 Å². The molecule has 4 nitrogen and oxygen atoms in total. The van der Waals surface area contributed by atoms with Crippen LogP contribution in [0, 0.1) is 0 Å². The Hall–Kier alpha value is -1.84. The number of pyridine rings is 1. The van der Waals surface area contributed by atoms with Crippen molar-refractivity contribution in [2.24, 2.45) is 0 Å². The highest BCUT2D eigenvalue weighted by molar-refractivity contribution is 7.83. The molecular formula is C17H15F3N2O2S2. The van der Waals surface area contributed by atoms with Gasteiger partial charge in [-0.1, -0.05) is 18.2 Å². The van der Waals surface area contributed by atoms with E-state index >= 15 is 0 Å². The van der Waals surface area contributed by atoms with Crippen molar-refractivity contribution in [1.82, 2.24) is 9.71 Å². The Kier molecular flexibility index (Phi) is 5.40. The Morgan fingerprint density at radius 2 is 2.08 bits per heavy atom. The lowest BCUT2D eigenvalue weighted by Crippen LogP contribution is -2.24. The van der Waals surface area contributed by atoms with Gasteiger partial charge < -0.3 is 4.98 Å². The number of hydrogen-bond acceptors (Lipinski definition) is 3. The minimum absolute atomic E-state index is 0.0167. The van der Waals surface area contributed by atoms with Crippen molar-refractivity contribution >= 4 is 34.5 Å². The average molecular weight is 400 g/mol. The minimum Gasteiger partial charge on any atom is -0.322 e. The van der Waals surface area contributed by atoms with Gasteiger partial charge in [0.05, 0.1) is 10.5 Å². The first-order chi connectivity index (χ1) is 12.3. The second-order valence-electron chi connectivity index (χ2n) is 5.76. The van der Waals surface area contributed by atoms with Crippen LogP contribution in [-0.2, 0) is 17.2 Å². The number of aromatic nitrogens is 1. The molecule has 138 valence electrons. The number of benzene rings is 1. The zero-order valence-electron chi connectivity index (χ0n) is 13.3. The lowest BCUT2D eigenvalue weighted by atomic mass is 10.1. The molecule has 1 aliphatic carbocycles. The maximum absolute atomic E-state index is 13.2. The first-order valence-corrected chi connectivity index (χ1v) is 9.35. The summed E-state index contributed by atoms with van der Waals surface area (Å²) in [6, 6.07) is 4.44. The van der Waals surface area contributed by atoms with Crippen molar-refractivity contribution in [2.45, 2.75) is 22.7 Å². The number of nitrogens with one attached hydrogen (secondary N) is 2. The summed E-state index contributed by atoms with van der Waals surface area (Å²) in [4.78, 5) is 14.0. The monoisotopic (exact) mass is 400 g/mol. The van der Waals surface area contributed by atoms with Crippen LogP contribution in [0.4, 0.5) is 13.2 Å². The molecule has 0 radical (unpaired) electrons. The molecule has 1 aliphatic rings. The van der Waals surface area contributed by atoms with Crippen LogP contribution in [0.25, 0.3) is 10.9 Å². The fraction of sp³-hybridized carbons (Fsp3) is 0.235. The largest absolute Gasteiger partial charge is 0.417 e. The highest BCUT2D eigenvalue weighted by atomic mass is 32.2. The molecule has 1 heterocycles. The molecule has 2 N–H and O–H groups in total. The molecule has 9 heteroatoms. The van der Waals surface area contributed by atoms with E-state index in [4.69, 9.17) is 0 Å². The Labute approximate surface area is 155 Å². The summed E-state index contributed by atoms with van der Waals surface area (Å²) in [6.07, 6.45) is 1.81. The molecule has 0 saturated carbocycles. The van der Waals surface area contributed by atoms with Gasteiger partial charge in [-0.25, -0.2) is 8.93 Å². The first-order valence-electron chi connectivity index (χ1n) is 7.69. The minimum atomic E-state index is -4.68. The number of hydrogen-bond donors (Lipinski definition) is 3. The number of H-pyrrole nitrogens is 1. The van der Waals surface area contributed by atoms with Crippen molar-refractivity contribution in [1.29, 1.82) is 0 Å². The zero-order chi connectivity index (χ0) is 18.9. The van der Waals surface area contributed by atoms with Crippen LogP contribution < -0.4 is 10.3 Å². The predicted molar refractivity (Wildman–Crippen MR) is 98.6 cm³/mol. The summed E-state index contributed by atoms with van der Waals surface area (Å²) < 4.78 is 54.8. The lowest BCUT2D eigenvalue weighted by molar-refractivity contribution is -0.136. The number of rotatable bonds is 4. The summed E-state index contributed by atoms with van der Waals surface area (Å²) in [5.74, 6) is 0. The van der Waals surface area contributed by atoms with Crippen LogP contribution in [0.1, 0.15) is 12.0 Å². The Balaban J connectivity index is 1.89. The number of alkyl halides is 3. The van der Waals surface area contributed by atoms with Gasteiger partial charge in [-0.3, -0.25) is 4.79 Å². The molecule has 2 unspecified atom stereocenters. The number of thiol groups is 1. The number of fused-ring (bicyclic) bond motifs is 1. The molecule has 1 aromatic carbocycles. The van der Waals surface area contributed by atoms with Crippen molar-refractivity contribution in [3.05, 3.63) is 64.0 Å². The first kappa shape index (κ1) is 18.9. The fourth-order valence-corrected chi connectivity index (χ4v) is 3.83. The summed E-state index contributed by atoms with van der Waals surface area (Å²) in [5.41, 5.74) is -0.897. The van der Waals surface area contributed by atoms with Gasteiger partial charge in [-0.15, -0.1) is 0 Å². The van der Waals surface area contributed by atoms with Gasteiger partial charge in [0.2, 0.25) is 5.56 Å². The summed E-state index contributed by atoms with van der Waals surface area (Å²) in [6.45, 7) is 0.306. The average Bonchev–Trinajstić information content (AvgIpc) is 2.59. The third kappa shape index (κ3) is 4.11. The van der Waals surface area contributed by atoms with E-state index in [1.165, 1.54) is 18.2 Å². The molecule has 1 aromatic heterocycles. The second kappa shape index (κ2) is 7.42. The van der Waals surface area contributed by atoms with Crippen molar-refractivity contribution < 1.29 is 17.4 Å². The number of halogens is 3. The topological polar surface area (TPSA) is 62.0 Å². The van der Waals surface area contributed by atoms with Gasteiger partial charge in [0.1, 0.15) is 11.0 Å². The van der Waals surface area contributed by atoms with E-state index in [1.54, 1.807) is 0 Å². The normalized spacial score (nSPS) is 18.8. The molecule has 3 rings (SSSR count). The molecule has 0 bridgehead atoms. The lowest BCUT2D eigenvalue weighted by Gasteiger charge is -2.17. The second-order valence-corrected chi connectivity index (χ2v) is 7.68. The quantitative estimate of drug-likeness (QED) is 0.690. The Morgan fingerprint density at radius 3 is 2.77 bits per heavy atom.